The van der Waals surface area contributed by atoms with E-state index in [1.165, 1.54) is 12.1 Å². The van der Waals surface area contributed by atoms with Gasteiger partial charge in [-0.3, -0.25) is 4.79 Å². The smallest absolute Gasteiger partial charge is 0.209 e. The highest BCUT2D eigenvalue weighted by atomic mass is 32.1. The Balaban J connectivity index is 2.48. The Morgan fingerprint density at radius 3 is 2.88 bits per heavy atom. The molecular formula is C11H8F2N2OS. The lowest BCUT2D eigenvalue weighted by molar-refractivity contribution is 0.103. The number of hydrogen-bond acceptors (Lipinski definition) is 4. The average Bonchev–Trinajstić information content (AvgIpc) is 2.80. The second kappa shape index (κ2) is 4.67. The fourth-order valence-corrected chi connectivity index (χ4v) is 2.12. The standard InChI is InChI=1S/C11H8F2N2OS/c1-2-8-11(17-15-14-8)10(16)6-4-3-5-7(12)9(6)13/h3-5H,2H2,1H3. The van der Waals surface area contributed by atoms with E-state index < -0.39 is 17.4 Å². The summed E-state index contributed by atoms with van der Waals surface area (Å²) in [4.78, 5) is 12.2. The molecule has 1 aromatic carbocycles. The van der Waals surface area contributed by atoms with Crippen LogP contribution in [0.4, 0.5) is 8.78 Å². The van der Waals surface area contributed by atoms with Gasteiger partial charge in [0.05, 0.1) is 11.3 Å². The topological polar surface area (TPSA) is 42.9 Å². The molecule has 0 saturated heterocycles. The number of carbonyl (C=O) groups is 1. The molecule has 0 fully saturated rings. The van der Waals surface area contributed by atoms with Gasteiger partial charge in [-0.05, 0) is 30.1 Å². The molecule has 3 nitrogen and oxygen atoms in total. The fraction of sp³-hybridized carbons (Fsp3) is 0.182. The Morgan fingerprint density at radius 1 is 1.41 bits per heavy atom. The van der Waals surface area contributed by atoms with Crippen molar-refractivity contribution in [3.8, 4) is 0 Å². The second-order valence-electron chi connectivity index (χ2n) is 3.33. The maximum Gasteiger partial charge on any atom is 0.209 e. The lowest BCUT2D eigenvalue weighted by Gasteiger charge is -2.01. The molecule has 0 unspecified atom stereocenters. The summed E-state index contributed by atoms with van der Waals surface area (Å²) < 4.78 is 30.1. The van der Waals surface area contributed by atoms with Gasteiger partial charge in [-0.2, -0.15) is 0 Å². The number of aromatic nitrogens is 2. The highest BCUT2D eigenvalue weighted by Crippen LogP contribution is 2.20. The van der Waals surface area contributed by atoms with E-state index in [0.29, 0.717) is 12.1 Å². The second-order valence-corrected chi connectivity index (χ2v) is 4.09. The SMILES string of the molecule is CCc1nnsc1C(=O)c1cccc(F)c1F. The molecule has 88 valence electrons. The van der Waals surface area contributed by atoms with Gasteiger partial charge in [0.15, 0.2) is 11.6 Å². The minimum Gasteiger partial charge on any atom is -0.287 e. The quantitative estimate of drug-likeness (QED) is 0.791. The number of nitrogens with zero attached hydrogens (tertiary/aromatic N) is 2. The van der Waals surface area contributed by atoms with Crippen LogP contribution in [-0.4, -0.2) is 15.4 Å². The molecule has 0 saturated carbocycles. The zero-order valence-electron chi connectivity index (χ0n) is 8.91. The zero-order chi connectivity index (χ0) is 12.4. The minimum absolute atomic E-state index is 0.261. The molecule has 0 aliphatic rings. The van der Waals surface area contributed by atoms with Gasteiger partial charge in [0.1, 0.15) is 4.88 Å². The van der Waals surface area contributed by atoms with Crippen LogP contribution in [-0.2, 0) is 6.42 Å². The van der Waals surface area contributed by atoms with Crippen LogP contribution < -0.4 is 0 Å². The van der Waals surface area contributed by atoms with Gasteiger partial charge in [-0.25, -0.2) is 8.78 Å². The van der Waals surface area contributed by atoms with Crippen LogP contribution >= 0.6 is 11.5 Å². The van der Waals surface area contributed by atoms with Crippen LogP contribution in [0, 0.1) is 11.6 Å². The van der Waals surface area contributed by atoms with E-state index in [-0.39, 0.29) is 10.4 Å². The Morgan fingerprint density at radius 2 is 2.18 bits per heavy atom. The zero-order valence-corrected chi connectivity index (χ0v) is 9.72. The third-order valence-electron chi connectivity index (χ3n) is 2.29. The van der Waals surface area contributed by atoms with Crippen molar-refractivity contribution in [3.05, 3.63) is 46.0 Å². The number of aryl methyl sites for hydroxylation is 1. The maximum absolute atomic E-state index is 13.4. The first kappa shape index (κ1) is 11.8. The molecule has 0 N–H and O–H groups in total. The highest BCUT2D eigenvalue weighted by Gasteiger charge is 2.21. The molecule has 1 aromatic heterocycles. The predicted octanol–water partition coefficient (Wildman–Crippen LogP) is 2.61. The lowest BCUT2D eigenvalue weighted by Crippen LogP contribution is -2.06. The van der Waals surface area contributed by atoms with Crippen molar-refractivity contribution in [2.24, 2.45) is 0 Å². The van der Waals surface area contributed by atoms with Crippen molar-refractivity contribution in [2.75, 3.05) is 0 Å². The van der Waals surface area contributed by atoms with Crippen molar-refractivity contribution in [3.63, 3.8) is 0 Å². The Bertz CT molecular complexity index is 568. The van der Waals surface area contributed by atoms with Crippen molar-refractivity contribution >= 4 is 17.3 Å². The third kappa shape index (κ3) is 2.08. The van der Waals surface area contributed by atoms with E-state index in [4.69, 9.17) is 0 Å². The predicted molar refractivity (Wildman–Crippen MR) is 59.1 cm³/mol. The van der Waals surface area contributed by atoms with E-state index in [1.54, 1.807) is 0 Å². The molecule has 2 rings (SSSR count). The Labute approximate surface area is 100 Å². The van der Waals surface area contributed by atoms with Gasteiger partial charge in [0.25, 0.3) is 0 Å². The highest BCUT2D eigenvalue weighted by molar-refractivity contribution is 7.08. The van der Waals surface area contributed by atoms with Crippen molar-refractivity contribution < 1.29 is 13.6 Å². The van der Waals surface area contributed by atoms with E-state index in [0.717, 1.165) is 17.6 Å². The number of hydrogen-bond donors (Lipinski definition) is 0. The molecule has 0 radical (unpaired) electrons. The van der Waals surface area contributed by atoms with Gasteiger partial charge in [0, 0.05) is 0 Å². The van der Waals surface area contributed by atoms with Crippen molar-refractivity contribution in [1.82, 2.24) is 9.59 Å². The molecule has 6 heteroatoms. The van der Waals surface area contributed by atoms with Gasteiger partial charge >= 0.3 is 0 Å². The molecule has 0 atom stereocenters. The first-order valence-corrected chi connectivity index (χ1v) is 5.72. The monoisotopic (exact) mass is 254 g/mol. The average molecular weight is 254 g/mol. The summed E-state index contributed by atoms with van der Waals surface area (Å²) in [6.45, 7) is 1.81. The van der Waals surface area contributed by atoms with Gasteiger partial charge in [0.2, 0.25) is 5.78 Å². The molecule has 2 aromatic rings. The van der Waals surface area contributed by atoms with Crippen LogP contribution in [0.2, 0.25) is 0 Å². The molecule has 17 heavy (non-hydrogen) atoms. The maximum atomic E-state index is 13.4. The van der Waals surface area contributed by atoms with E-state index in [9.17, 15) is 13.6 Å². The minimum atomic E-state index is -1.13. The summed E-state index contributed by atoms with van der Waals surface area (Å²) in [6.07, 6.45) is 0.522. The summed E-state index contributed by atoms with van der Waals surface area (Å²) in [5, 5.41) is 3.76. The van der Waals surface area contributed by atoms with Crippen LogP contribution in [0.25, 0.3) is 0 Å². The number of rotatable bonds is 3. The largest absolute Gasteiger partial charge is 0.287 e. The fourth-order valence-electron chi connectivity index (χ4n) is 1.41. The summed E-state index contributed by atoms with van der Waals surface area (Å²) in [5.41, 5.74) is 0.217. The van der Waals surface area contributed by atoms with Gasteiger partial charge in [-0.15, -0.1) is 5.10 Å². The first-order chi connectivity index (χ1) is 8.15. The normalized spacial score (nSPS) is 10.5. The van der Waals surface area contributed by atoms with E-state index in [1.807, 2.05) is 6.92 Å². The summed E-state index contributed by atoms with van der Waals surface area (Å²) in [5.74, 6) is -2.74. The van der Waals surface area contributed by atoms with Crippen LogP contribution in [0.5, 0.6) is 0 Å². The Kier molecular flexibility index (Phi) is 3.23. The molecule has 0 aliphatic heterocycles. The van der Waals surface area contributed by atoms with Crippen LogP contribution in [0.15, 0.2) is 18.2 Å². The molecule has 0 aliphatic carbocycles. The van der Waals surface area contributed by atoms with Crippen LogP contribution in [0.3, 0.4) is 0 Å². The number of benzene rings is 1. The van der Waals surface area contributed by atoms with E-state index >= 15 is 0 Å². The van der Waals surface area contributed by atoms with Gasteiger partial charge in [-0.1, -0.05) is 17.5 Å². The lowest BCUT2D eigenvalue weighted by atomic mass is 10.1. The molecular weight excluding hydrogens is 246 g/mol. The number of halogens is 2. The molecule has 0 amide bonds. The molecule has 1 heterocycles. The first-order valence-electron chi connectivity index (χ1n) is 4.95. The van der Waals surface area contributed by atoms with Gasteiger partial charge < -0.3 is 0 Å². The third-order valence-corrected chi connectivity index (χ3v) is 3.06. The molecule has 0 bridgehead atoms. The van der Waals surface area contributed by atoms with Crippen molar-refractivity contribution in [1.29, 1.82) is 0 Å². The van der Waals surface area contributed by atoms with E-state index in [2.05, 4.69) is 9.59 Å². The van der Waals surface area contributed by atoms with Crippen molar-refractivity contribution in [2.45, 2.75) is 13.3 Å². The summed E-state index contributed by atoms with van der Waals surface area (Å²) in [7, 11) is 0. The summed E-state index contributed by atoms with van der Waals surface area (Å²) >= 11 is 0.892. The Hall–Kier alpha value is -1.69. The number of ketones is 1. The number of carbonyl (C=O) groups excluding carboxylic acids is 1. The summed E-state index contributed by atoms with van der Waals surface area (Å²) in [6, 6.07) is 3.52. The van der Waals surface area contributed by atoms with Crippen LogP contribution in [0.1, 0.15) is 27.9 Å². The molecule has 0 spiro atoms.